The predicted molar refractivity (Wildman–Crippen MR) is 81.5 cm³/mol. The molecule has 0 aliphatic rings. The van der Waals surface area contributed by atoms with Crippen molar-refractivity contribution < 1.29 is 34.7 Å². The molecule has 4 rings (SSSR count). The second kappa shape index (κ2) is 5.61. The Morgan fingerprint density at radius 1 is 1.05 bits per heavy atom. The molecule has 6 heteroatoms. The van der Waals surface area contributed by atoms with Crippen LogP contribution in [0.5, 0.6) is 5.88 Å². The molecule has 0 radical (unpaired) electrons. The first-order valence-corrected chi connectivity index (χ1v) is 6.45. The summed E-state index contributed by atoms with van der Waals surface area (Å²) in [5, 5.41) is 14.9. The van der Waals surface area contributed by atoms with Crippen LogP contribution in [0.1, 0.15) is 0 Å². The van der Waals surface area contributed by atoms with Gasteiger partial charge in [-0.3, -0.25) is 0 Å². The molecule has 5 nitrogen and oxygen atoms in total. The zero-order valence-electron chi connectivity index (χ0n) is 11.8. The number of hydrogen-bond acceptors (Lipinski definition) is 3. The van der Waals surface area contributed by atoms with E-state index in [1.165, 1.54) is 0 Å². The molecule has 2 aromatic heterocycles. The maximum atomic E-state index is 11.3. The van der Waals surface area contributed by atoms with Gasteiger partial charge in [0.1, 0.15) is 5.69 Å². The zero-order chi connectivity index (χ0) is 14.4. The summed E-state index contributed by atoms with van der Waals surface area (Å²) in [6.07, 6.45) is 0. The number of H-pyrrole nitrogens is 2. The Morgan fingerprint density at radius 2 is 1.82 bits per heavy atom. The number of aromatic hydroxyl groups is 1. The monoisotopic (exact) mass is 299 g/mol. The molecule has 2 heterocycles. The average Bonchev–Trinajstić information content (AvgIpc) is 3.02. The Hall–Kier alpha value is -2.08. The van der Waals surface area contributed by atoms with Gasteiger partial charge in [-0.25, -0.2) is 0 Å². The van der Waals surface area contributed by atoms with Gasteiger partial charge >= 0.3 is 29.6 Å². The SMILES string of the molecule is O=Nc1c(-c2c(O)[nH]c3cc[c-]cc23)[nH]c2ccccc12.[Na+]. The van der Waals surface area contributed by atoms with Gasteiger partial charge in [0.25, 0.3) is 0 Å². The minimum atomic E-state index is 0. The molecule has 3 N–H and O–H groups in total. The Kier molecular flexibility index (Phi) is 3.78. The fourth-order valence-electron chi connectivity index (χ4n) is 2.72. The molecule has 0 aliphatic heterocycles. The van der Waals surface area contributed by atoms with Crippen LogP contribution in [0.25, 0.3) is 33.1 Å². The van der Waals surface area contributed by atoms with Crippen molar-refractivity contribution in [3.63, 3.8) is 0 Å². The van der Waals surface area contributed by atoms with Crippen molar-refractivity contribution in [3.8, 4) is 17.1 Å². The molecule has 102 valence electrons. The van der Waals surface area contributed by atoms with E-state index in [4.69, 9.17) is 0 Å². The van der Waals surface area contributed by atoms with E-state index in [0.29, 0.717) is 16.9 Å². The van der Waals surface area contributed by atoms with Crippen LogP contribution in [0.15, 0.2) is 47.6 Å². The van der Waals surface area contributed by atoms with Crippen LogP contribution in [0, 0.1) is 11.0 Å². The standard InChI is InChI=1S/C16H10N3O2.Na/c20-16-13(9-5-1-3-7-11(9)18-16)15-14(19-21)10-6-2-4-8-12(10)17-15;/h2-8,17-18,20H;/q-1;+1. The van der Waals surface area contributed by atoms with Crippen LogP contribution in [-0.2, 0) is 0 Å². The third kappa shape index (κ3) is 2.06. The number of nitrogens with zero attached hydrogens (tertiary/aromatic N) is 1. The van der Waals surface area contributed by atoms with E-state index in [1.807, 2.05) is 30.3 Å². The van der Waals surface area contributed by atoms with Gasteiger partial charge in [0, 0.05) is 16.5 Å². The minimum absolute atomic E-state index is 0. The number of nitroso groups, excluding NO2 is 1. The molecule has 0 fully saturated rings. The van der Waals surface area contributed by atoms with Crippen LogP contribution in [0.3, 0.4) is 0 Å². The first-order valence-electron chi connectivity index (χ1n) is 6.45. The second-order valence-electron chi connectivity index (χ2n) is 4.81. The summed E-state index contributed by atoms with van der Waals surface area (Å²) in [6, 6.07) is 15.7. The summed E-state index contributed by atoms with van der Waals surface area (Å²) < 4.78 is 0. The molecular weight excluding hydrogens is 289 g/mol. The van der Waals surface area contributed by atoms with Crippen molar-refractivity contribution in [2.45, 2.75) is 0 Å². The van der Waals surface area contributed by atoms with Crippen molar-refractivity contribution in [1.82, 2.24) is 9.97 Å². The average molecular weight is 299 g/mol. The Balaban J connectivity index is 0.00000144. The molecule has 0 spiro atoms. The molecule has 0 saturated heterocycles. The number of benzene rings is 2. The number of aromatic nitrogens is 2. The summed E-state index contributed by atoms with van der Waals surface area (Å²) >= 11 is 0. The zero-order valence-corrected chi connectivity index (χ0v) is 13.8. The molecule has 0 unspecified atom stereocenters. The summed E-state index contributed by atoms with van der Waals surface area (Å²) in [5.74, 6) is 0.000978. The van der Waals surface area contributed by atoms with E-state index >= 15 is 0 Å². The minimum Gasteiger partial charge on any atom is -0.495 e. The van der Waals surface area contributed by atoms with Crippen LogP contribution in [0.2, 0.25) is 0 Å². The number of para-hydroxylation sites is 1. The topological polar surface area (TPSA) is 81.2 Å². The van der Waals surface area contributed by atoms with E-state index in [-0.39, 0.29) is 35.4 Å². The van der Waals surface area contributed by atoms with Crippen LogP contribution >= 0.6 is 0 Å². The van der Waals surface area contributed by atoms with Crippen LogP contribution < -0.4 is 29.6 Å². The third-order valence-corrected chi connectivity index (χ3v) is 3.64. The molecule has 0 amide bonds. The number of aromatic amines is 2. The Bertz CT molecular complexity index is 988. The van der Waals surface area contributed by atoms with Gasteiger partial charge < -0.3 is 15.1 Å². The van der Waals surface area contributed by atoms with E-state index in [1.54, 1.807) is 12.1 Å². The van der Waals surface area contributed by atoms with Gasteiger partial charge in [-0.15, -0.1) is 11.0 Å². The molecule has 0 aliphatic carbocycles. The Labute approximate surface area is 147 Å². The van der Waals surface area contributed by atoms with E-state index in [2.05, 4.69) is 21.2 Å². The number of rotatable bonds is 2. The summed E-state index contributed by atoms with van der Waals surface area (Å²) in [7, 11) is 0. The molecule has 4 aromatic rings. The largest absolute Gasteiger partial charge is 1.00 e. The van der Waals surface area contributed by atoms with Gasteiger partial charge in [0.15, 0.2) is 5.88 Å². The van der Waals surface area contributed by atoms with Crippen molar-refractivity contribution >= 4 is 27.5 Å². The van der Waals surface area contributed by atoms with Gasteiger partial charge in [-0.2, -0.15) is 18.2 Å². The first kappa shape index (κ1) is 14.8. The van der Waals surface area contributed by atoms with Crippen molar-refractivity contribution in [2.75, 3.05) is 0 Å². The maximum Gasteiger partial charge on any atom is 1.00 e. The first-order chi connectivity index (χ1) is 10.3. The second-order valence-corrected chi connectivity index (χ2v) is 4.81. The summed E-state index contributed by atoms with van der Waals surface area (Å²) in [4.78, 5) is 17.3. The van der Waals surface area contributed by atoms with Crippen LogP contribution in [0.4, 0.5) is 5.69 Å². The molecule has 0 atom stereocenters. The van der Waals surface area contributed by atoms with E-state index in [9.17, 15) is 10.0 Å². The third-order valence-electron chi connectivity index (χ3n) is 3.64. The van der Waals surface area contributed by atoms with Gasteiger partial charge in [0.2, 0.25) is 0 Å². The molecule has 2 aromatic carbocycles. The van der Waals surface area contributed by atoms with Gasteiger partial charge in [-0.1, -0.05) is 29.1 Å². The smallest absolute Gasteiger partial charge is 0.495 e. The van der Waals surface area contributed by atoms with Crippen molar-refractivity contribution in [2.24, 2.45) is 5.18 Å². The van der Waals surface area contributed by atoms with Crippen LogP contribution in [-0.4, -0.2) is 15.1 Å². The molecule has 0 saturated carbocycles. The molecule has 0 bridgehead atoms. The molecular formula is C16H10N3NaO2. The van der Waals surface area contributed by atoms with Crippen molar-refractivity contribution in [3.05, 3.63) is 53.4 Å². The number of hydrogen-bond donors (Lipinski definition) is 3. The molecule has 22 heavy (non-hydrogen) atoms. The van der Waals surface area contributed by atoms with Crippen molar-refractivity contribution in [1.29, 1.82) is 0 Å². The van der Waals surface area contributed by atoms with Gasteiger partial charge in [0.05, 0.1) is 5.69 Å². The number of nitrogens with one attached hydrogen (secondary N) is 2. The number of fused-ring (bicyclic) bond motifs is 2. The van der Waals surface area contributed by atoms with E-state index < -0.39 is 0 Å². The fraction of sp³-hybridized carbons (Fsp3) is 0. The maximum absolute atomic E-state index is 11.3. The quantitative estimate of drug-likeness (QED) is 0.295. The summed E-state index contributed by atoms with van der Waals surface area (Å²) in [6.45, 7) is 0. The summed E-state index contributed by atoms with van der Waals surface area (Å²) in [5.41, 5.74) is 2.92. The van der Waals surface area contributed by atoms with E-state index in [0.717, 1.165) is 21.8 Å². The van der Waals surface area contributed by atoms with Gasteiger partial charge in [-0.05, 0) is 11.2 Å². The fourth-order valence-corrected chi connectivity index (χ4v) is 2.72. The predicted octanol–water partition coefficient (Wildman–Crippen LogP) is 1.22. The Morgan fingerprint density at radius 3 is 2.64 bits per heavy atom. The normalized spacial score (nSPS) is 10.7.